The second-order valence-electron chi connectivity index (χ2n) is 4.99. The van der Waals surface area contributed by atoms with Crippen molar-refractivity contribution in [2.24, 2.45) is 5.73 Å². The molecule has 0 aromatic rings. The number of carbonyl (C=O) groups excluding carboxylic acids is 1. The number of likely N-dealkylation sites (N-methyl/N-ethyl adjacent to an activating group) is 1. The van der Waals surface area contributed by atoms with Gasteiger partial charge in [0.2, 0.25) is 5.91 Å². The second kappa shape index (κ2) is 6.21. The zero-order valence-corrected chi connectivity index (χ0v) is 10.7. The van der Waals surface area contributed by atoms with Gasteiger partial charge in [0.15, 0.2) is 0 Å². The van der Waals surface area contributed by atoms with Gasteiger partial charge >= 0.3 is 0 Å². The molecule has 1 aliphatic carbocycles. The number of nitrogens with one attached hydrogen (secondary N) is 1. The molecule has 1 rings (SSSR count). The lowest BCUT2D eigenvalue weighted by Gasteiger charge is -2.40. The zero-order chi connectivity index (χ0) is 12.1. The van der Waals surface area contributed by atoms with E-state index in [2.05, 4.69) is 31.1 Å². The molecule has 0 aromatic carbocycles. The molecular weight excluding hydrogens is 202 g/mol. The van der Waals surface area contributed by atoms with Crippen LogP contribution in [0.25, 0.3) is 0 Å². The van der Waals surface area contributed by atoms with Crippen molar-refractivity contribution in [3.05, 3.63) is 0 Å². The number of amides is 1. The van der Waals surface area contributed by atoms with Gasteiger partial charge in [-0.25, -0.2) is 0 Å². The maximum absolute atomic E-state index is 11.4. The number of nitrogens with zero attached hydrogens (tertiary/aromatic N) is 1. The Morgan fingerprint density at radius 1 is 1.44 bits per heavy atom. The van der Waals surface area contributed by atoms with Crippen molar-refractivity contribution in [2.75, 3.05) is 13.6 Å². The largest absolute Gasteiger partial charge is 0.351 e. The first-order valence-corrected chi connectivity index (χ1v) is 6.27. The Bertz CT molecular complexity index is 230. The number of hydrogen-bond donors (Lipinski definition) is 2. The van der Waals surface area contributed by atoms with Crippen LogP contribution in [0.2, 0.25) is 0 Å². The molecule has 0 radical (unpaired) electrons. The van der Waals surface area contributed by atoms with E-state index in [4.69, 9.17) is 5.73 Å². The molecule has 0 saturated heterocycles. The van der Waals surface area contributed by atoms with Gasteiger partial charge in [0, 0.05) is 18.1 Å². The lowest BCUT2D eigenvalue weighted by Crippen LogP contribution is -2.54. The Hall–Kier alpha value is -0.610. The van der Waals surface area contributed by atoms with Gasteiger partial charge < -0.3 is 11.1 Å². The van der Waals surface area contributed by atoms with E-state index >= 15 is 0 Å². The molecule has 1 aliphatic rings. The molecule has 1 saturated carbocycles. The zero-order valence-electron chi connectivity index (χ0n) is 10.7. The van der Waals surface area contributed by atoms with Crippen LogP contribution in [0.5, 0.6) is 0 Å². The molecule has 0 heterocycles. The third kappa shape index (κ3) is 3.46. The summed E-state index contributed by atoms with van der Waals surface area (Å²) in [6.45, 7) is 4.47. The van der Waals surface area contributed by atoms with Crippen LogP contribution in [0, 0.1) is 0 Å². The van der Waals surface area contributed by atoms with E-state index in [9.17, 15) is 4.79 Å². The molecule has 16 heavy (non-hydrogen) atoms. The molecule has 0 spiro atoms. The van der Waals surface area contributed by atoms with Gasteiger partial charge in [-0.1, -0.05) is 12.8 Å². The fourth-order valence-electron chi connectivity index (χ4n) is 2.42. The number of hydrogen-bond acceptors (Lipinski definition) is 3. The maximum Gasteiger partial charge on any atom is 0.234 e. The topological polar surface area (TPSA) is 58.4 Å². The highest BCUT2D eigenvalue weighted by molar-refractivity contribution is 5.78. The first kappa shape index (κ1) is 13.5. The van der Waals surface area contributed by atoms with Crippen LogP contribution in [0.4, 0.5) is 0 Å². The van der Waals surface area contributed by atoms with Crippen molar-refractivity contribution in [1.29, 1.82) is 0 Å². The van der Waals surface area contributed by atoms with Crippen molar-refractivity contribution >= 4 is 5.91 Å². The predicted molar refractivity (Wildman–Crippen MR) is 66.1 cm³/mol. The number of nitrogens with two attached hydrogens (primary N) is 1. The third-order valence-corrected chi connectivity index (χ3v) is 3.60. The van der Waals surface area contributed by atoms with E-state index in [1.165, 1.54) is 19.3 Å². The molecule has 1 amide bonds. The summed E-state index contributed by atoms with van der Waals surface area (Å²) in [6.07, 6.45) is 4.71. The minimum absolute atomic E-state index is 0.0333. The van der Waals surface area contributed by atoms with Crippen LogP contribution in [0.3, 0.4) is 0 Å². The summed E-state index contributed by atoms with van der Waals surface area (Å²) >= 11 is 0. The molecular formula is C12H25N3O. The second-order valence-corrected chi connectivity index (χ2v) is 4.99. The molecule has 0 unspecified atom stereocenters. The van der Waals surface area contributed by atoms with Crippen LogP contribution >= 0.6 is 0 Å². The van der Waals surface area contributed by atoms with Crippen LogP contribution < -0.4 is 11.1 Å². The Balaban J connectivity index is 2.59. The average Bonchev–Trinajstić information content (AvgIpc) is 2.28. The summed E-state index contributed by atoms with van der Waals surface area (Å²) < 4.78 is 0. The van der Waals surface area contributed by atoms with Crippen LogP contribution in [-0.2, 0) is 4.79 Å². The van der Waals surface area contributed by atoms with E-state index in [1.807, 2.05) is 0 Å². The van der Waals surface area contributed by atoms with Gasteiger partial charge in [0.1, 0.15) is 0 Å². The lowest BCUT2D eigenvalue weighted by molar-refractivity contribution is -0.121. The first-order valence-electron chi connectivity index (χ1n) is 6.27. The number of rotatable bonds is 4. The number of carbonyl (C=O) groups is 1. The Kier molecular flexibility index (Phi) is 5.22. The summed E-state index contributed by atoms with van der Waals surface area (Å²) in [6, 6.07) is 1.25. The fraction of sp³-hybridized carbons (Fsp3) is 0.917. The van der Waals surface area contributed by atoms with E-state index in [1.54, 1.807) is 0 Å². The molecule has 0 aliphatic heterocycles. The van der Waals surface area contributed by atoms with E-state index < -0.39 is 0 Å². The minimum Gasteiger partial charge on any atom is -0.351 e. The van der Waals surface area contributed by atoms with Gasteiger partial charge in [0.05, 0.1) is 6.54 Å². The first-order chi connectivity index (χ1) is 7.56. The molecule has 3 N–H and O–H groups in total. The monoisotopic (exact) mass is 227 g/mol. The van der Waals surface area contributed by atoms with Crippen molar-refractivity contribution in [3.63, 3.8) is 0 Å². The minimum atomic E-state index is -0.0333. The predicted octanol–water partition coefficient (Wildman–Crippen LogP) is 0.713. The fourth-order valence-corrected chi connectivity index (χ4v) is 2.42. The molecule has 4 heteroatoms. The van der Waals surface area contributed by atoms with Gasteiger partial charge in [0.25, 0.3) is 0 Å². The Morgan fingerprint density at radius 2 is 2.06 bits per heavy atom. The molecule has 2 atom stereocenters. The van der Waals surface area contributed by atoms with Crippen LogP contribution in [0.1, 0.15) is 39.5 Å². The Labute approximate surface area is 98.6 Å². The van der Waals surface area contributed by atoms with Gasteiger partial charge in [-0.05, 0) is 33.7 Å². The summed E-state index contributed by atoms with van der Waals surface area (Å²) in [5.41, 5.74) is 5.34. The van der Waals surface area contributed by atoms with E-state index in [0.29, 0.717) is 12.1 Å². The Morgan fingerprint density at radius 3 is 2.62 bits per heavy atom. The maximum atomic E-state index is 11.4. The van der Waals surface area contributed by atoms with Gasteiger partial charge in [-0.2, -0.15) is 0 Å². The van der Waals surface area contributed by atoms with Crippen molar-refractivity contribution in [1.82, 2.24) is 10.2 Å². The van der Waals surface area contributed by atoms with Crippen LogP contribution in [-0.4, -0.2) is 42.5 Å². The summed E-state index contributed by atoms with van der Waals surface area (Å²) in [5, 5.41) is 3.05. The lowest BCUT2D eigenvalue weighted by atomic mass is 9.88. The SMILES string of the molecule is CC(C)N(C)[C@H]1CCCC[C@H]1NC(=O)CN. The van der Waals surface area contributed by atoms with Crippen molar-refractivity contribution < 1.29 is 4.79 Å². The quantitative estimate of drug-likeness (QED) is 0.744. The molecule has 94 valence electrons. The molecule has 1 fully saturated rings. The average molecular weight is 227 g/mol. The third-order valence-electron chi connectivity index (χ3n) is 3.60. The standard InChI is InChI=1S/C12H25N3O/c1-9(2)15(3)11-7-5-4-6-10(11)14-12(16)8-13/h9-11H,4-8,13H2,1-3H3,(H,14,16)/t10-,11+/m1/s1. The molecule has 0 aromatic heterocycles. The van der Waals surface area contributed by atoms with Gasteiger partial charge in [-0.15, -0.1) is 0 Å². The highest BCUT2D eigenvalue weighted by Crippen LogP contribution is 2.23. The van der Waals surface area contributed by atoms with Crippen molar-refractivity contribution in [2.45, 2.75) is 57.7 Å². The smallest absolute Gasteiger partial charge is 0.234 e. The highest BCUT2D eigenvalue weighted by Gasteiger charge is 2.30. The summed E-state index contributed by atoms with van der Waals surface area (Å²) in [4.78, 5) is 13.7. The highest BCUT2D eigenvalue weighted by atomic mass is 16.1. The molecule has 4 nitrogen and oxygen atoms in total. The van der Waals surface area contributed by atoms with Crippen molar-refractivity contribution in [3.8, 4) is 0 Å². The normalized spacial score (nSPS) is 26.1. The van der Waals surface area contributed by atoms with E-state index in [0.717, 1.165) is 6.42 Å². The van der Waals surface area contributed by atoms with Gasteiger partial charge in [-0.3, -0.25) is 9.69 Å². The van der Waals surface area contributed by atoms with E-state index in [-0.39, 0.29) is 18.5 Å². The molecule has 0 bridgehead atoms. The van der Waals surface area contributed by atoms with Crippen LogP contribution in [0.15, 0.2) is 0 Å². The summed E-state index contributed by atoms with van der Waals surface area (Å²) in [5.74, 6) is -0.0333. The summed E-state index contributed by atoms with van der Waals surface area (Å²) in [7, 11) is 2.14.